The SMILES string of the molecule is CCN(CCC(N)=S)C(=O)c1ccccc1SC. The molecule has 0 heterocycles. The lowest BCUT2D eigenvalue weighted by Gasteiger charge is -2.21. The van der Waals surface area contributed by atoms with E-state index in [4.69, 9.17) is 18.0 Å². The number of thiocarbonyl (C=S) groups is 1. The van der Waals surface area contributed by atoms with E-state index in [1.165, 1.54) is 0 Å². The van der Waals surface area contributed by atoms with Crippen LogP contribution in [0.4, 0.5) is 0 Å². The Hall–Kier alpha value is -1.07. The van der Waals surface area contributed by atoms with Crippen LogP contribution in [0.5, 0.6) is 0 Å². The van der Waals surface area contributed by atoms with Gasteiger partial charge in [0, 0.05) is 24.4 Å². The van der Waals surface area contributed by atoms with Crippen molar-refractivity contribution in [2.75, 3.05) is 19.3 Å². The summed E-state index contributed by atoms with van der Waals surface area (Å²) in [5, 5.41) is 0. The van der Waals surface area contributed by atoms with Crippen LogP contribution in [0.3, 0.4) is 0 Å². The summed E-state index contributed by atoms with van der Waals surface area (Å²) in [4.78, 5) is 15.6. The predicted molar refractivity (Wildman–Crippen MR) is 81.2 cm³/mol. The number of hydrogen-bond donors (Lipinski definition) is 1. The van der Waals surface area contributed by atoms with Gasteiger partial charge in [-0.15, -0.1) is 11.8 Å². The molecular formula is C13H18N2OS2. The molecule has 0 unspecified atom stereocenters. The van der Waals surface area contributed by atoms with Crippen LogP contribution in [0.2, 0.25) is 0 Å². The Bertz CT molecular complexity index is 435. The highest BCUT2D eigenvalue weighted by Crippen LogP contribution is 2.21. The smallest absolute Gasteiger partial charge is 0.254 e. The van der Waals surface area contributed by atoms with Crippen LogP contribution in [0.15, 0.2) is 29.2 Å². The predicted octanol–water partition coefficient (Wildman–Crippen LogP) is 2.55. The average Bonchev–Trinajstić information content (AvgIpc) is 2.38. The Morgan fingerprint density at radius 1 is 1.44 bits per heavy atom. The molecular weight excluding hydrogens is 264 g/mol. The van der Waals surface area contributed by atoms with Crippen LogP contribution < -0.4 is 5.73 Å². The first kappa shape index (κ1) is 15.0. The molecule has 0 aliphatic carbocycles. The minimum absolute atomic E-state index is 0.0405. The lowest BCUT2D eigenvalue weighted by atomic mass is 10.2. The van der Waals surface area contributed by atoms with Crippen LogP contribution in [0.25, 0.3) is 0 Å². The average molecular weight is 282 g/mol. The maximum Gasteiger partial charge on any atom is 0.254 e. The molecule has 0 aliphatic heterocycles. The van der Waals surface area contributed by atoms with Crippen LogP contribution in [0.1, 0.15) is 23.7 Å². The number of nitrogens with zero attached hydrogens (tertiary/aromatic N) is 1. The topological polar surface area (TPSA) is 46.3 Å². The Morgan fingerprint density at radius 2 is 2.11 bits per heavy atom. The Balaban J connectivity index is 2.86. The normalized spacial score (nSPS) is 10.1. The molecule has 1 aromatic carbocycles. The van der Waals surface area contributed by atoms with Gasteiger partial charge in [0.2, 0.25) is 0 Å². The fraction of sp³-hybridized carbons (Fsp3) is 0.385. The molecule has 0 aliphatic rings. The monoisotopic (exact) mass is 282 g/mol. The van der Waals surface area contributed by atoms with Gasteiger partial charge in [-0.3, -0.25) is 4.79 Å². The van der Waals surface area contributed by atoms with Gasteiger partial charge < -0.3 is 10.6 Å². The van der Waals surface area contributed by atoms with Crippen molar-refractivity contribution in [3.8, 4) is 0 Å². The summed E-state index contributed by atoms with van der Waals surface area (Å²) in [6.45, 7) is 3.19. The lowest BCUT2D eigenvalue weighted by molar-refractivity contribution is 0.0765. The van der Waals surface area contributed by atoms with Gasteiger partial charge in [0.15, 0.2) is 0 Å². The molecule has 98 valence electrons. The first-order chi connectivity index (χ1) is 8.60. The summed E-state index contributed by atoms with van der Waals surface area (Å²) >= 11 is 6.43. The molecule has 0 bridgehead atoms. The summed E-state index contributed by atoms with van der Waals surface area (Å²) in [5.74, 6) is 0.0405. The van der Waals surface area contributed by atoms with Crippen LogP contribution >= 0.6 is 24.0 Å². The quantitative estimate of drug-likeness (QED) is 0.643. The number of benzene rings is 1. The minimum atomic E-state index is 0.0405. The standard InChI is InChI=1S/C13H18N2OS2/c1-3-15(9-8-12(14)17)13(16)10-6-4-5-7-11(10)18-2/h4-7H,3,8-9H2,1-2H3,(H2,14,17). The molecule has 0 fully saturated rings. The number of carbonyl (C=O) groups is 1. The molecule has 18 heavy (non-hydrogen) atoms. The van der Waals surface area contributed by atoms with E-state index >= 15 is 0 Å². The minimum Gasteiger partial charge on any atom is -0.393 e. The van der Waals surface area contributed by atoms with Crippen molar-refractivity contribution in [3.05, 3.63) is 29.8 Å². The van der Waals surface area contributed by atoms with E-state index in [0.717, 1.165) is 10.5 Å². The van der Waals surface area contributed by atoms with Crippen LogP contribution in [-0.2, 0) is 0 Å². The van der Waals surface area contributed by atoms with Crippen molar-refractivity contribution in [2.45, 2.75) is 18.2 Å². The Morgan fingerprint density at radius 3 is 2.67 bits per heavy atom. The van der Waals surface area contributed by atoms with Gasteiger partial charge in [-0.05, 0) is 25.3 Å². The van der Waals surface area contributed by atoms with E-state index in [9.17, 15) is 4.79 Å². The summed E-state index contributed by atoms with van der Waals surface area (Å²) in [6.07, 6.45) is 2.54. The number of rotatable bonds is 6. The number of nitrogens with two attached hydrogens (primary N) is 1. The van der Waals surface area contributed by atoms with E-state index < -0.39 is 0 Å². The molecule has 0 saturated carbocycles. The van der Waals surface area contributed by atoms with Crippen LogP contribution in [-0.4, -0.2) is 35.1 Å². The summed E-state index contributed by atoms with van der Waals surface area (Å²) in [5.41, 5.74) is 6.22. The molecule has 1 amide bonds. The zero-order valence-corrected chi connectivity index (χ0v) is 12.3. The second-order valence-electron chi connectivity index (χ2n) is 3.80. The molecule has 0 radical (unpaired) electrons. The van der Waals surface area contributed by atoms with E-state index in [1.54, 1.807) is 16.7 Å². The van der Waals surface area contributed by atoms with Crippen molar-refractivity contribution >= 4 is 34.9 Å². The summed E-state index contributed by atoms with van der Waals surface area (Å²) in [7, 11) is 0. The van der Waals surface area contributed by atoms with E-state index in [2.05, 4.69) is 0 Å². The highest BCUT2D eigenvalue weighted by atomic mass is 32.2. The molecule has 3 nitrogen and oxygen atoms in total. The molecule has 2 N–H and O–H groups in total. The summed E-state index contributed by atoms with van der Waals surface area (Å²) < 4.78 is 0. The highest BCUT2D eigenvalue weighted by molar-refractivity contribution is 7.98. The van der Waals surface area contributed by atoms with Gasteiger partial charge >= 0.3 is 0 Å². The van der Waals surface area contributed by atoms with Gasteiger partial charge in [0.1, 0.15) is 0 Å². The van der Waals surface area contributed by atoms with Crippen LogP contribution in [0, 0.1) is 0 Å². The molecule has 0 aromatic heterocycles. The molecule has 0 atom stereocenters. The Labute approximate surface area is 118 Å². The maximum absolute atomic E-state index is 12.4. The number of thioether (sulfide) groups is 1. The molecule has 0 spiro atoms. The zero-order valence-electron chi connectivity index (χ0n) is 10.7. The van der Waals surface area contributed by atoms with Gasteiger partial charge in [-0.2, -0.15) is 0 Å². The largest absolute Gasteiger partial charge is 0.393 e. The first-order valence-electron chi connectivity index (χ1n) is 5.80. The first-order valence-corrected chi connectivity index (χ1v) is 7.44. The lowest BCUT2D eigenvalue weighted by Crippen LogP contribution is -2.33. The molecule has 1 rings (SSSR count). The van der Waals surface area contributed by atoms with Gasteiger partial charge in [-0.25, -0.2) is 0 Å². The summed E-state index contributed by atoms with van der Waals surface area (Å²) in [6, 6.07) is 7.64. The van der Waals surface area contributed by atoms with Gasteiger partial charge in [0.05, 0.1) is 10.6 Å². The fourth-order valence-electron chi connectivity index (χ4n) is 1.64. The maximum atomic E-state index is 12.4. The second kappa shape index (κ2) is 7.38. The Kier molecular flexibility index (Phi) is 6.15. The highest BCUT2D eigenvalue weighted by Gasteiger charge is 2.16. The van der Waals surface area contributed by atoms with Gasteiger partial charge in [-0.1, -0.05) is 24.4 Å². The fourth-order valence-corrected chi connectivity index (χ4v) is 2.32. The molecule has 1 aromatic rings. The zero-order chi connectivity index (χ0) is 13.5. The third kappa shape index (κ3) is 3.99. The van der Waals surface area contributed by atoms with Crippen molar-refractivity contribution in [1.82, 2.24) is 4.90 Å². The second-order valence-corrected chi connectivity index (χ2v) is 5.17. The van der Waals surface area contributed by atoms with E-state index in [0.29, 0.717) is 24.5 Å². The number of hydrogen-bond acceptors (Lipinski definition) is 3. The van der Waals surface area contributed by atoms with Crippen molar-refractivity contribution in [2.24, 2.45) is 5.73 Å². The van der Waals surface area contributed by atoms with Crippen molar-refractivity contribution in [1.29, 1.82) is 0 Å². The molecule has 0 saturated heterocycles. The van der Waals surface area contributed by atoms with Crippen molar-refractivity contribution in [3.63, 3.8) is 0 Å². The number of carbonyl (C=O) groups excluding carboxylic acids is 1. The third-order valence-corrected chi connectivity index (χ3v) is 3.63. The van der Waals surface area contributed by atoms with Gasteiger partial charge in [0.25, 0.3) is 5.91 Å². The van der Waals surface area contributed by atoms with E-state index in [1.807, 2.05) is 37.4 Å². The molecule has 5 heteroatoms. The van der Waals surface area contributed by atoms with Crippen molar-refractivity contribution < 1.29 is 4.79 Å². The number of amides is 1. The van der Waals surface area contributed by atoms with E-state index in [-0.39, 0.29) is 5.91 Å². The third-order valence-electron chi connectivity index (χ3n) is 2.63.